The first-order chi connectivity index (χ1) is 11.5. The molecule has 1 atom stereocenters. The molecule has 0 fully saturated rings. The number of benzene rings is 2. The summed E-state index contributed by atoms with van der Waals surface area (Å²) in [6.45, 7) is 2.09. The molecule has 2 aromatic carbocycles. The zero-order valence-corrected chi connectivity index (χ0v) is 14.6. The molecule has 1 N–H and O–H groups in total. The Balaban J connectivity index is 1.81. The number of esters is 1. The largest absolute Gasteiger partial charge is 0.452 e. The smallest absolute Gasteiger partial charge is 0.340 e. The van der Waals surface area contributed by atoms with Gasteiger partial charge in [-0.15, -0.1) is 0 Å². The van der Waals surface area contributed by atoms with Crippen molar-refractivity contribution in [1.29, 1.82) is 0 Å². The number of halogens is 2. The summed E-state index contributed by atoms with van der Waals surface area (Å²) in [5, 5.41) is 3.33. The molecule has 4 nitrogen and oxygen atoms in total. The van der Waals surface area contributed by atoms with Gasteiger partial charge in [-0.2, -0.15) is 0 Å². The lowest BCUT2D eigenvalue weighted by molar-refractivity contribution is -0.124. The normalized spacial score (nSPS) is 11.6. The van der Waals surface area contributed by atoms with Gasteiger partial charge in [0.15, 0.2) is 6.61 Å². The van der Waals surface area contributed by atoms with Crippen LogP contribution in [0.1, 0.15) is 28.8 Å². The number of hydrogen-bond acceptors (Lipinski definition) is 3. The summed E-state index contributed by atoms with van der Waals surface area (Å²) in [4.78, 5) is 23.8. The van der Waals surface area contributed by atoms with Crippen LogP contribution in [-0.4, -0.2) is 25.0 Å². The molecule has 0 bridgehead atoms. The molecule has 0 saturated carbocycles. The molecule has 0 radical (unpaired) electrons. The Bertz CT molecular complexity index is 719. The Morgan fingerprint density at radius 3 is 2.54 bits per heavy atom. The molecule has 1 amide bonds. The fourth-order valence-electron chi connectivity index (χ4n) is 2.08. The van der Waals surface area contributed by atoms with E-state index in [1.165, 1.54) is 12.1 Å². The van der Waals surface area contributed by atoms with Crippen LogP contribution in [0.15, 0.2) is 48.5 Å². The van der Waals surface area contributed by atoms with Crippen molar-refractivity contribution in [1.82, 2.24) is 5.32 Å². The number of amides is 1. The molecular formula is C18H17Cl2NO3. The maximum absolute atomic E-state index is 11.9. The van der Waals surface area contributed by atoms with Crippen molar-refractivity contribution < 1.29 is 14.3 Å². The quantitative estimate of drug-likeness (QED) is 0.784. The highest BCUT2D eigenvalue weighted by molar-refractivity contribution is 6.35. The third-order valence-electron chi connectivity index (χ3n) is 3.46. The molecule has 0 heterocycles. The summed E-state index contributed by atoms with van der Waals surface area (Å²) in [5.41, 5.74) is 1.26. The zero-order chi connectivity index (χ0) is 17.5. The van der Waals surface area contributed by atoms with E-state index in [1.807, 2.05) is 37.3 Å². The molecule has 6 heteroatoms. The molecule has 0 saturated heterocycles. The van der Waals surface area contributed by atoms with Gasteiger partial charge in [0.25, 0.3) is 5.91 Å². The van der Waals surface area contributed by atoms with Gasteiger partial charge in [-0.3, -0.25) is 4.79 Å². The van der Waals surface area contributed by atoms with Gasteiger partial charge in [0.05, 0.1) is 10.6 Å². The lowest BCUT2D eigenvalue weighted by atomic mass is 10.0. The van der Waals surface area contributed by atoms with Crippen molar-refractivity contribution in [2.75, 3.05) is 13.2 Å². The van der Waals surface area contributed by atoms with Gasteiger partial charge >= 0.3 is 5.97 Å². The second kappa shape index (κ2) is 8.71. The van der Waals surface area contributed by atoms with Crippen LogP contribution in [0.4, 0.5) is 0 Å². The van der Waals surface area contributed by atoms with E-state index in [9.17, 15) is 9.59 Å². The SMILES string of the molecule is C[C@@H](CNC(=O)COC(=O)c1cc(Cl)ccc1Cl)c1ccccc1. The van der Waals surface area contributed by atoms with Crippen molar-refractivity contribution in [2.45, 2.75) is 12.8 Å². The van der Waals surface area contributed by atoms with Crippen LogP contribution in [0.5, 0.6) is 0 Å². The van der Waals surface area contributed by atoms with E-state index in [-0.39, 0.29) is 29.0 Å². The van der Waals surface area contributed by atoms with Crippen LogP contribution in [0.2, 0.25) is 10.0 Å². The van der Waals surface area contributed by atoms with Crippen LogP contribution < -0.4 is 5.32 Å². The number of carbonyl (C=O) groups is 2. The highest BCUT2D eigenvalue weighted by Gasteiger charge is 2.15. The van der Waals surface area contributed by atoms with E-state index in [4.69, 9.17) is 27.9 Å². The molecule has 0 aliphatic rings. The fraction of sp³-hybridized carbons (Fsp3) is 0.222. The van der Waals surface area contributed by atoms with Gasteiger partial charge in [-0.05, 0) is 29.7 Å². The molecule has 126 valence electrons. The first kappa shape index (κ1) is 18.3. The Kier molecular flexibility index (Phi) is 6.64. The molecule has 2 rings (SSSR count). The van der Waals surface area contributed by atoms with Crippen molar-refractivity contribution in [3.8, 4) is 0 Å². The predicted octanol–water partition coefficient (Wildman–Crippen LogP) is 4.07. The first-order valence-electron chi connectivity index (χ1n) is 7.41. The number of ether oxygens (including phenoxy) is 1. The van der Waals surface area contributed by atoms with E-state index in [0.29, 0.717) is 11.6 Å². The van der Waals surface area contributed by atoms with Crippen LogP contribution in [0, 0.1) is 0 Å². The van der Waals surface area contributed by atoms with Crippen molar-refractivity contribution in [3.63, 3.8) is 0 Å². The Morgan fingerprint density at radius 2 is 1.83 bits per heavy atom. The third-order valence-corrected chi connectivity index (χ3v) is 4.02. The molecule has 0 aliphatic carbocycles. The van der Waals surface area contributed by atoms with Gasteiger partial charge in [-0.1, -0.05) is 60.5 Å². The molecule has 2 aromatic rings. The second-order valence-electron chi connectivity index (χ2n) is 5.32. The maximum atomic E-state index is 11.9. The fourth-order valence-corrected chi connectivity index (χ4v) is 2.45. The summed E-state index contributed by atoms with van der Waals surface area (Å²) in [5.74, 6) is -0.897. The van der Waals surface area contributed by atoms with E-state index < -0.39 is 5.97 Å². The van der Waals surface area contributed by atoms with Gasteiger partial charge < -0.3 is 10.1 Å². The predicted molar refractivity (Wildman–Crippen MR) is 94.6 cm³/mol. The standard InChI is InChI=1S/C18H17Cl2NO3/c1-12(13-5-3-2-4-6-13)10-21-17(22)11-24-18(23)15-9-14(19)7-8-16(15)20/h2-9,12H,10-11H2,1H3,(H,21,22)/t12-/m0/s1. The van der Waals surface area contributed by atoms with E-state index in [2.05, 4.69) is 5.32 Å². The monoisotopic (exact) mass is 365 g/mol. The first-order valence-corrected chi connectivity index (χ1v) is 8.17. The topological polar surface area (TPSA) is 55.4 Å². The summed E-state index contributed by atoms with van der Waals surface area (Å²) >= 11 is 11.7. The van der Waals surface area contributed by atoms with Crippen LogP contribution in [-0.2, 0) is 9.53 Å². The summed E-state index contributed by atoms with van der Waals surface area (Å²) < 4.78 is 4.97. The van der Waals surface area contributed by atoms with Crippen LogP contribution in [0.25, 0.3) is 0 Å². The average molecular weight is 366 g/mol. The Labute approximate surface area is 150 Å². The average Bonchev–Trinajstić information content (AvgIpc) is 2.60. The minimum atomic E-state index is -0.686. The minimum absolute atomic E-state index is 0.134. The molecule has 24 heavy (non-hydrogen) atoms. The highest BCUT2D eigenvalue weighted by atomic mass is 35.5. The molecule has 0 spiro atoms. The van der Waals surface area contributed by atoms with Crippen LogP contribution >= 0.6 is 23.2 Å². The Morgan fingerprint density at radius 1 is 1.12 bits per heavy atom. The summed E-state index contributed by atoms with van der Waals surface area (Å²) in [7, 11) is 0. The number of hydrogen-bond donors (Lipinski definition) is 1. The zero-order valence-electron chi connectivity index (χ0n) is 13.1. The third kappa shape index (κ3) is 5.25. The van der Waals surface area contributed by atoms with Crippen molar-refractivity contribution in [3.05, 3.63) is 69.7 Å². The lowest BCUT2D eigenvalue weighted by Gasteiger charge is -2.13. The van der Waals surface area contributed by atoms with Gasteiger partial charge in [0.1, 0.15) is 0 Å². The highest BCUT2D eigenvalue weighted by Crippen LogP contribution is 2.21. The minimum Gasteiger partial charge on any atom is -0.452 e. The molecule has 0 aliphatic heterocycles. The summed E-state index contributed by atoms with van der Waals surface area (Å²) in [6, 6.07) is 14.3. The molecule has 0 aromatic heterocycles. The number of nitrogens with one attached hydrogen (secondary N) is 1. The van der Waals surface area contributed by atoms with Crippen molar-refractivity contribution >= 4 is 35.1 Å². The van der Waals surface area contributed by atoms with E-state index in [0.717, 1.165) is 5.56 Å². The van der Waals surface area contributed by atoms with Crippen LogP contribution in [0.3, 0.4) is 0 Å². The van der Waals surface area contributed by atoms with Crippen molar-refractivity contribution in [2.24, 2.45) is 0 Å². The lowest BCUT2D eigenvalue weighted by Crippen LogP contribution is -2.31. The van der Waals surface area contributed by atoms with E-state index >= 15 is 0 Å². The Hall–Kier alpha value is -2.04. The number of carbonyl (C=O) groups excluding carboxylic acids is 2. The molecular weight excluding hydrogens is 349 g/mol. The van der Waals surface area contributed by atoms with E-state index in [1.54, 1.807) is 6.07 Å². The molecule has 0 unspecified atom stereocenters. The van der Waals surface area contributed by atoms with Gasteiger partial charge in [-0.25, -0.2) is 4.79 Å². The maximum Gasteiger partial charge on any atom is 0.340 e. The number of rotatable bonds is 6. The second-order valence-corrected chi connectivity index (χ2v) is 6.16. The van der Waals surface area contributed by atoms with Gasteiger partial charge in [0.2, 0.25) is 0 Å². The summed E-state index contributed by atoms with van der Waals surface area (Å²) in [6.07, 6.45) is 0. The van der Waals surface area contributed by atoms with Gasteiger partial charge in [0, 0.05) is 11.6 Å².